The first kappa shape index (κ1) is 15.3. The Hall–Kier alpha value is -1.58. The fraction of sp³-hybridized carbons (Fsp3) is 0.308. The number of hydrogen-bond acceptors (Lipinski definition) is 8. The molecule has 0 fully saturated rings. The maximum absolute atomic E-state index is 12.2. The fourth-order valence-electron chi connectivity index (χ4n) is 2.06. The van der Waals surface area contributed by atoms with Crippen LogP contribution in [0.4, 0.5) is 0 Å². The summed E-state index contributed by atoms with van der Waals surface area (Å²) in [5.74, 6) is 1.04. The maximum Gasteiger partial charge on any atom is 0.259 e. The molecule has 0 aliphatic carbocycles. The zero-order valence-electron chi connectivity index (χ0n) is 12.1. The van der Waals surface area contributed by atoms with Crippen molar-refractivity contribution in [2.24, 2.45) is 0 Å². The van der Waals surface area contributed by atoms with Crippen molar-refractivity contribution in [3.63, 3.8) is 0 Å². The number of aryl methyl sites for hydroxylation is 2. The molecule has 0 saturated heterocycles. The number of nitrogens with one attached hydrogen (secondary N) is 1. The summed E-state index contributed by atoms with van der Waals surface area (Å²) in [4.78, 5) is 32.3. The van der Waals surface area contributed by atoms with E-state index in [2.05, 4.69) is 20.2 Å². The van der Waals surface area contributed by atoms with Crippen molar-refractivity contribution < 1.29 is 4.79 Å². The van der Waals surface area contributed by atoms with Gasteiger partial charge in [-0.05, 0) is 26.3 Å². The standard InChI is InChI=1S/C13H12N4O2S3/c1-5-9-11(19)14-8(4-20-13-17-16-7(3)21-13)15-12(9)22-10(5)6(2)18/h4H2,1-3H3,(H,14,15,19). The number of hydrogen-bond donors (Lipinski definition) is 1. The van der Waals surface area contributed by atoms with Gasteiger partial charge in [-0.3, -0.25) is 9.59 Å². The van der Waals surface area contributed by atoms with Gasteiger partial charge in [-0.1, -0.05) is 23.1 Å². The van der Waals surface area contributed by atoms with Crippen LogP contribution >= 0.6 is 34.4 Å². The van der Waals surface area contributed by atoms with Gasteiger partial charge in [-0.15, -0.1) is 21.5 Å². The Bertz CT molecular complexity index is 925. The number of nitrogens with zero attached hydrogens (tertiary/aromatic N) is 3. The lowest BCUT2D eigenvalue weighted by Crippen LogP contribution is -2.11. The highest BCUT2D eigenvalue weighted by atomic mass is 32.2. The van der Waals surface area contributed by atoms with Crippen LogP contribution in [-0.4, -0.2) is 25.9 Å². The molecular weight excluding hydrogens is 340 g/mol. The van der Waals surface area contributed by atoms with E-state index in [1.807, 2.05) is 6.92 Å². The van der Waals surface area contributed by atoms with Gasteiger partial charge >= 0.3 is 0 Å². The van der Waals surface area contributed by atoms with Crippen LogP contribution in [0, 0.1) is 13.8 Å². The zero-order chi connectivity index (χ0) is 15.9. The highest BCUT2D eigenvalue weighted by molar-refractivity contribution is 8.00. The summed E-state index contributed by atoms with van der Waals surface area (Å²) in [6, 6.07) is 0. The van der Waals surface area contributed by atoms with E-state index >= 15 is 0 Å². The molecule has 3 heterocycles. The average Bonchev–Trinajstić information content (AvgIpc) is 3.01. The van der Waals surface area contributed by atoms with Crippen molar-refractivity contribution in [1.29, 1.82) is 0 Å². The van der Waals surface area contributed by atoms with Gasteiger partial charge in [-0.2, -0.15) is 0 Å². The highest BCUT2D eigenvalue weighted by Gasteiger charge is 2.17. The molecule has 0 saturated carbocycles. The Morgan fingerprint density at radius 2 is 2.05 bits per heavy atom. The number of rotatable bonds is 4. The van der Waals surface area contributed by atoms with Gasteiger partial charge < -0.3 is 4.98 Å². The molecule has 0 aromatic carbocycles. The molecule has 0 radical (unpaired) electrons. The van der Waals surface area contributed by atoms with Crippen LogP contribution in [0.2, 0.25) is 0 Å². The van der Waals surface area contributed by atoms with E-state index in [9.17, 15) is 9.59 Å². The number of ketones is 1. The van der Waals surface area contributed by atoms with Crippen LogP contribution in [0.3, 0.4) is 0 Å². The van der Waals surface area contributed by atoms with Crippen molar-refractivity contribution in [2.45, 2.75) is 30.9 Å². The first-order chi connectivity index (χ1) is 10.5. The monoisotopic (exact) mass is 352 g/mol. The summed E-state index contributed by atoms with van der Waals surface area (Å²) < 4.78 is 0.840. The highest BCUT2D eigenvalue weighted by Crippen LogP contribution is 2.29. The van der Waals surface area contributed by atoms with Crippen LogP contribution in [-0.2, 0) is 5.75 Å². The SMILES string of the molecule is CC(=O)c1sc2nc(CSc3nnc(C)s3)[nH]c(=O)c2c1C. The van der Waals surface area contributed by atoms with Gasteiger partial charge in [0.15, 0.2) is 10.1 Å². The summed E-state index contributed by atoms with van der Waals surface area (Å²) in [6.07, 6.45) is 0. The molecule has 0 unspecified atom stereocenters. The van der Waals surface area contributed by atoms with Crippen LogP contribution in [0.25, 0.3) is 10.2 Å². The Labute approximate surface area is 138 Å². The third-order valence-corrected chi connectivity index (χ3v) is 6.28. The summed E-state index contributed by atoms with van der Waals surface area (Å²) in [7, 11) is 0. The first-order valence-electron chi connectivity index (χ1n) is 6.42. The molecule has 114 valence electrons. The third kappa shape index (κ3) is 2.83. The van der Waals surface area contributed by atoms with Gasteiger partial charge in [0.2, 0.25) is 0 Å². The van der Waals surface area contributed by atoms with Crippen LogP contribution in [0.15, 0.2) is 9.13 Å². The first-order valence-corrected chi connectivity index (χ1v) is 9.03. The normalized spacial score (nSPS) is 11.2. The number of thioether (sulfide) groups is 1. The molecule has 0 aliphatic heterocycles. The minimum absolute atomic E-state index is 0.0415. The van der Waals surface area contributed by atoms with E-state index in [0.29, 0.717) is 32.2 Å². The van der Waals surface area contributed by atoms with E-state index < -0.39 is 0 Å². The molecular formula is C13H12N4O2S3. The summed E-state index contributed by atoms with van der Waals surface area (Å²) in [6.45, 7) is 5.18. The van der Waals surface area contributed by atoms with Gasteiger partial charge in [-0.25, -0.2) is 4.98 Å². The molecule has 0 bridgehead atoms. The molecule has 1 N–H and O–H groups in total. The van der Waals surface area contributed by atoms with E-state index in [1.54, 1.807) is 6.92 Å². The predicted molar refractivity (Wildman–Crippen MR) is 89.2 cm³/mol. The third-order valence-electron chi connectivity index (χ3n) is 3.01. The van der Waals surface area contributed by atoms with Crippen molar-refractivity contribution in [1.82, 2.24) is 20.2 Å². The molecule has 0 spiro atoms. The largest absolute Gasteiger partial charge is 0.309 e. The Morgan fingerprint density at radius 1 is 1.27 bits per heavy atom. The molecule has 9 heteroatoms. The van der Waals surface area contributed by atoms with Crippen molar-refractivity contribution in [2.75, 3.05) is 0 Å². The van der Waals surface area contributed by atoms with Gasteiger partial charge in [0.1, 0.15) is 15.7 Å². The second-order valence-corrected chi connectivity index (χ2v) is 8.08. The Kier molecular flexibility index (Phi) is 4.11. The van der Waals surface area contributed by atoms with Gasteiger partial charge in [0.05, 0.1) is 16.0 Å². The number of H-pyrrole nitrogens is 1. The molecule has 0 amide bonds. The topological polar surface area (TPSA) is 88.6 Å². The molecule has 6 nitrogen and oxygen atoms in total. The lowest BCUT2D eigenvalue weighted by Gasteiger charge is -1.98. The molecule has 22 heavy (non-hydrogen) atoms. The number of aromatic amines is 1. The van der Waals surface area contributed by atoms with Gasteiger partial charge in [0.25, 0.3) is 5.56 Å². The minimum Gasteiger partial charge on any atom is -0.309 e. The van der Waals surface area contributed by atoms with E-state index in [1.165, 1.54) is 41.4 Å². The van der Waals surface area contributed by atoms with E-state index in [4.69, 9.17) is 0 Å². The lowest BCUT2D eigenvalue weighted by molar-refractivity contribution is 0.102. The number of aromatic nitrogens is 4. The van der Waals surface area contributed by atoms with Crippen LogP contribution in [0.5, 0.6) is 0 Å². The summed E-state index contributed by atoms with van der Waals surface area (Å²) in [5, 5.41) is 9.39. The quantitative estimate of drug-likeness (QED) is 0.574. The van der Waals surface area contributed by atoms with Crippen LogP contribution in [0.1, 0.15) is 33.0 Å². The van der Waals surface area contributed by atoms with Gasteiger partial charge in [0, 0.05) is 0 Å². The number of carbonyl (C=O) groups is 1. The molecule has 3 aromatic rings. The van der Waals surface area contributed by atoms with E-state index in [0.717, 1.165) is 9.35 Å². The average molecular weight is 352 g/mol. The van der Waals surface area contributed by atoms with Crippen molar-refractivity contribution in [3.8, 4) is 0 Å². The van der Waals surface area contributed by atoms with Crippen LogP contribution < -0.4 is 5.56 Å². The smallest absolute Gasteiger partial charge is 0.259 e. The maximum atomic E-state index is 12.2. The Balaban J connectivity index is 1.95. The van der Waals surface area contributed by atoms with E-state index in [-0.39, 0.29) is 11.3 Å². The number of thiophene rings is 1. The Morgan fingerprint density at radius 3 is 2.68 bits per heavy atom. The second-order valence-electron chi connectivity index (χ2n) is 4.68. The molecule has 3 aromatic heterocycles. The minimum atomic E-state index is -0.199. The second kappa shape index (κ2) is 5.90. The van der Waals surface area contributed by atoms with Crippen molar-refractivity contribution in [3.05, 3.63) is 31.6 Å². The number of fused-ring (bicyclic) bond motifs is 1. The lowest BCUT2D eigenvalue weighted by atomic mass is 10.2. The van der Waals surface area contributed by atoms with Crippen molar-refractivity contribution >= 4 is 50.4 Å². The number of Topliss-reactive ketones (excluding diaryl/α,β-unsaturated/α-hetero) is 1. The summed E-state index contributed by atoms with van der Waals surface area (Å²) in [5.41, 5.74) is 0.510. The molecule has 3 rings (SSSR count). The fourth-order valence-corrected chi connectivity index (χ4v) is 4.84. The summed E-state index contributed by atoms with van der Waals surface area (Å²) >= 11 is 4.25. The molecule has 0 atom stereocenters. The molecule has 0 aliphatic rings. The number of carbonyl (C=O) groups excluding carboxylic acids is 1. The zero-order valence-corrected chi connectivity index (χ0v) is 14.5. The predicted octanol–water partition coefficient (Wildman–Crippen LogP) is 2.95.